The molecule has 0 unspecified atom stereocenters. The zero-order chi connectivity index (χ0) is 16.1. The predicted molar refractivity (Wildman–Crippen MR) is 91.1 cm³/mol. The SMILES string of the molecule is CN(C)c1ccc(/C=N\Nc2ccc(-n3ccnc3)nn2)cc1. The van der Waals surface area contributed by atoms with E-state index >= 15 is 0 Å². The molecule has 0 amide bonds. The smallest absolute Gasteiger partial charge is 0.168 e. The minimum absolute atomic E-state index is 0.579. The van der Waals surface area contributed by atoms with Crippen molar-refractivity contribution in [3.63, 3.8) is 0 Å². The van der Waals surface area contributed by atoms with E-state index in [2.05, 4.69) is 30.6 Å². The van der Waals surface area contributed by atoms with Crippen LogP contribution in [0.4, 0.5) is 11.5 Å². The van der Waals surface area contributed by atoms with Crippen LogP contribution in [0.15, 0.2) is 60.2 Å². The second-order valence-electron chi connectivity index (χ2n) is 5.10. The average Bonchev–Trinajstić information content (AvgIpc) is 3.10. The monoisotopic (exact) mass is 307 g/mol. The molecule has 0 bridgehead atoms. The Morgan fingerprint density at radius 3 is 2.52 bits per heavy atom. The summed E-state index contributed by atoms with van der Waals surface area (Å²) in [6, 6.07) is 11.8. The van der Waals surface area contributed by atoms with Crippen molar-refractivity contribution in [3.8, 4) is 5.82 Å². The highest BCUT2D eigenvalue weighted by molar-refractivity contribution is 5.80. The number of aromatic nitrogens is 4. The molecular formula is C16H17N7. The summed E-state index contributed by atoms with van der Waals surface area (Å²) in [7, 11) is 4.02. The summed E-state index contributed by atoms with van der Waals surface area (Å²) in [5.41, 5.74) is 5.02. The topological polar surface area (TPSA) is 71.2 Å². The third kappa shape index (κ3) is 3.70. The zero-order valence-corrected chi connectivity index (χ0v) is 13.0. The van der Waals surface area contributed by atoms with Crippen LogP contribution in [-0.4, -0.2) is 40.1 Å². The van der Waals surface area contributed by atoms with Crippen LogP contribution in [-0.2, 0) is 0 Å². The number of anilines is 2. The third-order valence-corrected chi connectivity index (χ3v) is 3.22. The number of nitrogens with one attached hydrogen (secondary N) is 1. The van der Waals surface area contributed by atoms with E-state index < -0.39 is 0 Å². The van der Waals surface area contributed by atoms with Gasteiger partial charge < -0.3 is 4.90 Å². The molecule has 0 aliphatic heterocycles. The van der Waals surface area contributed by atoms with Crippen molar-refractivity contribution in [2.24, 2.45) is 5.10 Å². The minimum Gasteiger partial charge on any atom is -0.378 e. The Morgan fingerprint density at radius 2 is 1.91 bits per heavy atom. The summed E-state index contributed by atoms with van der Waals surface area (Å²) in [6.07, 6.45) is 6.92. The van der Waals surface area contributed by atoms with Crippen LogP contribution in [0.5, 0.6) is 0 Å². The van der Waals surface area contributed by atoms with E-state index in [0.717, 1.165) is 11.3 Å². The lowest BCUT2D eigenvalue weighted by Crippen LogP contribution is -2.08. The van der Waals surface area contributed by atoms with Gasteiger partial charge in [0.15, 0.2) is 11.6 Å². The summed E-state index contributed by atoms with van der Waals surface area (Å²) < 4.78 is 1.78. The van der Waals surface area contributed by atoms with Gasteiger partial charge in [0.05, 0.1) is 6.21 Å². The Morgan fingerprint density at radius 1 is 1.09 bits per heavy atom. The quantitative estimate of drug-likeness (QED) is 0.578. The Bertz CT molecular complexity index is 759. The lowest BCUT2D eigenvalue weighted by atomic mass is 10.2. The van der Waals surface area contributed by atoms with Gasteiger partial charge in [0, 0.05) is 32.2 Å². The van der Waals surface area contributed by atoms with Crippen LogP contribution in [0.2, 0.25) is 0 Å². The fraction of sp³-hybridized carbons (Fsp3) is 0.125. The van der Waals surface area contributed by atoms with Gasteiger partial charge in [0.2, 0.25) is 0 Å². The Kier molecular flexibility index (Phi) is 4.28. The van der Waals surface area contributed by atoms with Crippen molar-refractivity contribution in [2.45, 2.75) is 0 Å². The van der Waals surface area contributed by atoms with Gasteiger partial charge in [-0.25, -0.2) is 4.98 Å². The van der Waals surface area contributed by atoms with E-state index in [-0.39, 0.29) is 0 Å². The van der Waals surface area contributed by atoms with E-state index in [1.165, 1.54) is 0 Å². The van der Waals surface area contributed by atoms with E-state index in [0.29, 0.717) is 11.6 Å². The summed E-state index contributed by atoms with van der Waals surface area (Å²) >= 11 is 0. The minimum atomic E-state index is 0.579. The number of imidazole rings is 1. The van der Waals surface area contributed by atoms with Crippen molar-refractivity contribution in [1.29, 1.82) is 0 Å². The first kappa shape index (κ1) is 14.7. The highest BCUT2D eigenvalue weighted by atomic mass is 15.3. The normalized spacial score (nSPS) is 10.9. The number of nitrogens with zero attached hydrogens (tertiary/aromatic N) is 6. The van der Waals surface area contributed by atoms with E-state index in [1.54, 1.807) is 23.3 Å². The molecule has 0 aliphatic carbocycles. The fourth-order valence-corrected chi connectivity index (χ4v) is 1.95. The van der Waals surface area contributed by atoms with Crippen molar-refractivity contribution in [2.75, 3.05) is 24.4 Å². The Balaban J connectivity index is 1.61. The Hall–Kier alpha value is -3.22. The van der Waals surface area contributed by atoms with Crippen LogP contribution >= 0.6 is 0 Å². The van der Waals surface area contributed by atoms with Gasteiger partial charge in [-0.05, 0) is 29.8 Å². The van der Waals surface area contributed by atoms with Crippen molar-refractivity contribution in [1.82, 2.24) is 19.7 Å². The summed E-state index contributed by atoms with van der Waals surface area (Å²) in [6.45, 7) is 0. The van der Waals surface area contributed by atoms with Gasteiger partial charge in [-0.1, -0.05) is 12.1 Å². The first-order valence-electron chi connectivity index (χ1n) is 7.11. The van der Waals surface area contributed by atoms with E-state index in [1.807, 2.05) is 56.7 Å². The molecular weight excluding hydrogens is 290 g/mol. The zero-order valence-electron chi connectivity index (χ0n) is 13.0. The molecule has 7 nitrogen and oxygen atoms in total. The maximum atomic E-state index is 4.17. The highest BCUT2D eigenvalue weighted by Gasteiger charge is 1.98. The number of rotatable bonds is 5. The Labute approximate surface area is 134 Å². The molecule has 3 aromatic rings. The molecule has 0 saturated carbocycles. The fourth-order valence-electron chi connectivity index (χ4n) is 1.95. The highest BCUT2D eigenvalue weighted by Crippen LogP contribution is 2.11. The van der Waals surface area contributed by atoms with Gasteiger partial charge >= 0.3 is 0 Å². The number of benzene rings is 1. The second kappa shape index (κ2) is 6.69. The van der Waals surface area contributed by atoms with Gasteiger partial charge in [-0.15, -0.1) is 10.2 Å². The summed E-state index contributed by atoms with van der Waals surface area (Å²) in [5, 5.41) is 12.4. The van der Waals surface area contributed by atoms with Crippen LogP contribution < -0.4 is 10.3 Å². The van der Waals surface area contributed by atoms with Gasteiger partial charge in [-0.2, -0.15) is 5.10 Å². The van der Waals surface area contributed by atoms with E-state index in [9.17, 15) is 0 Å². The molecule has 116 valence electrons. The molecule has 0 saturated heterocycles. The molecule has 1 aromatic carbocycles. The molecule has 0 fully saturated rings. The first-order chi connectivity index (χ1) is 11.2. The lowest BCUT2D eigenvalue weighted by molar-refractivity contribution is 0.911. The molecule has 2 heterocycles. The number of hydrazone groups is 1. The van der Waals surface area contributed by atoms with Gasteiger partial charge in [-0.3, -0.25) is 9.99 Å². The molecule has 23 heavy (non-hydrogen) atoms. The maximum absolute atomic E-state index is 4.17. The molecule has 0 atom stereocenters. The molecule has 0 spiro atoms. The third-order valence-electron chi connectivity index (χ3n) is 3.22. The van der Waals surface area contributed by atoms with Crippen molar-refractivity contribution < 1.29 is 0 Å². The number of hydrogen-bond donors (Lipinski definition) is 1. The molecule has 7 heteroatoms. The predicted octanol–water partition coefficient (Wildman–Crippen LogP) is 2.17. The van der Waals surface area contributed by atoms with Crippen LogP contribution in [0.1, 0.15) is 5.56 Å². The molecule has 0 aliphatic rings. The lowest BCUT2D eigenvalue weighted by Gasteiger charge is -2.11. The van der Waals surface area contributed by atoms with Crippen LogP contribution in [0.3, 0.4) is 0 Å². The first-order valence-corrected chi connectivity index (χ1v) is 7.11. The van der Waals surface area contributed by atoms with Gasteiger partial charge in [0.1, 0.15) is 6.33 Å². The largest absolute Gasteiger partial charge is 0.378 e. The molecule has 0 radical (unpaired) electrons. The van der Waals surface area contributed by atoms with Crippen molar-refractivity contribution in [3.05, 3.63) is 60.7 Å². The van der Waals surface area contributed by atoms with E-state index in [4.69, 9.17) is 0 Å². The average molecular weight is 307 g/mol. The van der Waals surface area contributed by atoms with Crippen LogP contribution in [0, 0.1) is 0 Å². The molecule has 3 rings (SSSR count). The summed E-state index contributed by atoms with van der Waals surface area (Å²) in [4.78, 5) is 6.03. The van der Waals surface area contributed by atoms with Crippen LogP contribution in [0.25, 0.3) is 5.82 Å². The number of hydrogen-bond acceptors (Lipinski definition) is 6. The molecule has 2 aromatic heterocycles. The molecule has 1 N–H and O–H groups in total. The van der Waals surface area contributed by atoms with Crippen molar-refractivity contribution >= 4 is 17.7 Å². The standard InChI is InChI=1S/C16H17N7/c1-22(2)14-5-3-13(4-6-14)11-18-19-15-7-8-16(21-20-15)23-10-9-17-12-23/h3-12H,1-2H3,(H,19,20)/b18-11-. The van der Waals surface area contributed by atoms with Gasteiger partial charge in [0.25, 0.3) is 0 Å². The summed E-state index contributed by atoms with van der Waals surface area (Å²) in [5.74, 6) is 1.28. The second-order valence-corrected chi connectivity index (χ2v) is 5.10. The maximum Gasteiger partial charge on any atom is 0.168 e.